The van der Waals surface area contributed by atoms with Crippen LogP contribution >= 0.6 is 0 Å². The van der Waals surface area contributed by atoms with E-state index in [0.29, 0.717) is 16.6 Å². The van der Waals surface area contributed by atoms with E-state index in [-0.39, 0.29) is 0 Å². The van der Waals surface area contributed by atoms with E-state index >= 15 is 0 Å². The maximum Gasteiger partial charge on any atom is 0.129 e. The lowest BCUT2D eigenvalue weighted by molar-refractivity contribution is -0.120. The van der Waals surface area contributed by atoms with Gasteiger partial charge in [-0.1, -0.05) is 40.5 Å². The van der Waals surface area contributed by atoms with Gasteiger partial charge in [-0.3, -0.25) is 0 Å². The molecule has 2 aliphatic carbocycles. The topological polar surface area (TPSA) is 17.1 Å². The van der Waals surface area contributed by atoms with Crippen molar-refractivity contribution in [2.24, 2.45) is 28.6 Å². The van der Waals surface area contributed by atoms with E-state index in [4.69, 9.17) is 0 Å². The molecule has 0 spiro atoms. The molecule has 0 aromatic heterocycles. The van der Waals surface area contributed by atoms with Gasteiger partial charge >= 0.3 is 0 Å². The maximum absolute atomic E-state index is 11.4. The van der Waals surface area contributed by atoms with E-state index in [2.05, 4.69) is 27.7 Å². The fourth-order valence-corrected chi connectivity index (χ4v) is 5.58. The summed E-state index contributed by atoms with van der Waals surface area (Å²) in [6, 6.07) is 0. The van der Waals surface area contributed by atoms with Gasteiger partial charge < -0.3 is 4.79 Å². The normalized spacial score (nSPS) is 41.6. The van der Waals surface area contributed by atoms with Crippen molar-refractivity contribution in [2.75, 3.05) is 0 Å². The van der Waals surface area contributed by atoms with Gasteiger partial charge in [-0.15, -0.1) is 0 Å². The standard InChI is InChI=1S/C18H32O/c1-13-7-10-16-17(3,4)11-6-12-18(16,5)15(13)9-8-14(2)19/h13,15-16H,6-12H2,1-5H3/t13?,15-,16?,18+/m0/s1. The van der Waals surface area contributed by atoms with Crippen LogP contribution in [0.3, 0.4) is 0 Å². The molecule has 0 radical (unpaired) electrons. The number of hydrogen-bond acceptors (Lipinski definition) is 1. The Balaban J connectivity index is 2.22. The largest absolute Gasteiger partial charge is 0.300 e. The second kappa shape index (κ2) is 5.22. The number of Topliss-reactive ketones (excluding diaryl/α,β-unsaturated/α-hetero) is 1. The molecule has 2 unspecified atom stereocenters. The monoisotopic (exact) mass is 264 g/mol. The van der Waals surface area contributed by atoms with Crippen molar-refractivity contribution in [3.05, 3.63) is 0 Å². The number of fused-ring (bicyclic) bond motifs is 1. The maximum atomic E-state index is 11.4. The summed E-state index contributed by atoms with van der Waals surface area (Å²) >= 11 is 0. The first-order valence-corrected chi connectivity index (χ1v) is 8.27. The lowest BCUT2D eigenvalue weighted by atomic mass is 9.46. The van der Waals surface area contributed by atoms with Gasteiger partial charge in [0.25, 0.3) is 0 Å². The first kappa shape index (κ1) is 15.1. The van der Waals surface area contributed by atoms with Crippen molar-refractivity contribution < 1.29 is 4.79 Å². The predicted octanol–water partition coefficient (Wildman–Crippen LogP) is 5.23. The van der Waals surface area contributed by atoms with Gasteiger partial charge in [0.1, 0.15) is 5.78 Å². The van der Waals surface area contributed by atoms with Crippen LogP contribution in [0.15, 0.2) is 0 Å². The molecule has 0 aromatic rings. The number of carbonyl (C=O) groups is 1. The zero-order chi connectivity index (χ0) is 14.3. The van der Waals surface area contributed by atoms with E-state index in [1.165, 1.54) is 32.1 Å². The number of ketones is 1. The minimum absolute atomic E-state index is 0.369. The molecule has 0 aromatic carbocycles. The zero-order valence-electron chi connectivity index (χ0n) is 13.6. The minimum Gasteiger partial charge on any atom is -0.300 e. The summed E-state index contributed by atoms with van der Waals surface area (Å²) in [5.74, 6) is 2.79. The zero-order valence-corrected chi connectivity index (χ0v) is 13.6. The molecule has 110 valence electrons. The molecule has 2 fully saturated rings. The van der Waals surface area contributed by atoms with E-state index in [9.17, 15) is 4.79 Å². The van der Waals surface area contributed by atoms with Crippen molar-refractivity contribution in [1.82, 2.24) is 0 Å². The Bertz CT molecular complexity index is 344. The van der Waals surface area contributed by atoms with Gasteiger partial charge in [-0.25, -0.2) is 0 Å². The second-order valence-corrected chi connectivity index (χ2v) is 8.30. The van der Waals surface area contributed by atoms with Crippen molar-refractivity contribution in [1.29, 1.82) is 0 Å². The first-order valence-electron chi connectivity index (χ1n) is 8.27. The first-order chi connectivity index (χ1) is 8.77. The predicted molar refractivity (Wildman–Crippen MR) is 81.0 cm³/mol. The molecule has 2 aliphatic rings. The molecule has 19 heavy (non-hydrogen) atoms. The average Bonchev–Trinajstić information content (AvgIpc) is 2.26. The molecule has 2 saturated carbocycles. The van der Waals surface area contributed by atoms with Crippen LogP contribution < -0.4 is 0 Å². The van der Waals surface area contributed by atoms with Crippen LogP contribution in [0.2, 0.25) is 0 Å². The number of hydrogen-bond donors (Lipinski definition) is 0. The average molecular weight is 264 g/mol. The van der Waals surface area contributed by atoms with Crippen LogP contribution in [0.1, 0.15) is 79.6 Å². The molecule has 0 heterocycles. The Kier molecular flexibility index (Phi) is 4.14. The van der Waals surface area contributed by atoms with Crippen molar-refractivity contribution in [3.63, 3.8) is 0 Å². The van der Waals surface area contributed by atoms with Gasteiger partial charge in [-0.05, 0) is 61.2 Å². The van der Waals surface area contributed by atoms with E-state index in [1.54, 1.807) is 6.92 Å². The Morgan fingerprint density at radius 1 is 1.16 bits per heavy atom. The molecule has 0 amide bonds. The Morgan fingerprint density at radius 2 is 1.84 bits per heavy atom. The van der Waals surface area contributed by atoms with E-state index in [0.717, 1.165) is 30.6 Å². The highest BCUT2D eigenvalue weighted by Gasteiger charge is 2.53. The third-order valence-corrected chi connectivity index (χ3v) is 6.53. The van der Waals surface area contributed by atoms with Gasteiger partial charge in [0, 0.05) is 6.42 Å². The Labute approximate surface area is 119 Å². The van der Waals surface area contributed by atoms with Crippen LogP contribution in [-0.4, -0.2) is 5.78 Å². The van der Waals surface area contributed by atoms with E-state index < -0.39 is 0 Å². The summed E-state index contributed by atoms with van der Waals surface area (Å²) in [7, 11) is 0. The highest BCUT2D eigenvalue weighted by atomic mass is 16.1. The summed E-state index contributed by atoms with van der Waals surface area (Å²) in [5.41, 5.74) is 0.983. The summed E-state index contributed by atoms with van der Waals surface area (Å²) < 4.78 is 0. The summed E-state index contributed by atoms with van der Waals surface area (Å²) in [4.78, 5) is 11.4. The molecular formula is C18H32O. The van der Waals surface area contributed by atoms with Gasteiger partial charge in [0.15, 0.2) is 0 Å². The molecule has 1 heteroatoms. The molecule has 2 rings (SSSR count). The van der Waals surface area contributed by atoms with Gasteiger partial charge in [0.05, 0.1) is 0 Å². The summed E-state index contributed by atoms with van der Waals surface area (Å²) in [6.45, 7) is 11.7. The number of carbonyl (C=O) groups excluding carboxylic acids is 1. The molecule has 0 saturated heterocycles. The Morgan fingerprint density at radius 3 is 2.47 bits per heavy atom. The fraction of sp³-hybridized carbons (Fsp3) is 0.944. The molecule has 0 bridgehead atoms. The van der Waals surface area contributed by atoms with Crippen molar-refractivity contribution in [2.45, 2.75) is 79.6 Å². The molecule has 0 N–H and O–H groups in total. The minimum atomic E-state index is 0.369. The quantitative estimate of drug-likeness (QED) is 0.681. The summed E-state index contributed by atoms with van der Waals surface area (Å²) in [5, 5.41) is 0. The molecule has 0 aliphatic heterocycles. The highest BCUT2D eigenvalue weighted by molar-refractivity contribution is 5.75. The van der Waals surface area contributed by atoms with Crippen molar-refractivity contribution >= 4 is 5.78 Å². The van der Waals surface area contributed by atoms with Gasteiger partial charge in [-0.2, -0.15) is 0 Å². The molecule has 4 atom stereocenters. The van der Waals surface area contributed by atoms with Gasteiger partial charge in [0.2, 0.25) is 0 Å². The lowest BCUT2D eigenvalue weighted by Crippen LogP contribution is -2.51. The smallest absolute Gasteiger partial charge is 0.129 e. The Hall–Kier alpha value is -0.330. The fourth-order valence-electron chi connectivity index (χ4n) is 5.58. The molecule has 1 nitrogen and oxygen atoms in total. The summed E-state index contributed by atoms with van der Waals surface area (Å²) in [6.07, 6.45) is 8.84. The molecular weight excluding hydrogens is 232 g/mol. The highest BCUT2D eigenvalue weighted by Crippen LogP contribution is 2.61. The van der Waals surface area contributed by atoms with Crippen LogP contribution in [0, 0.1) is 28.6 Å². The van der Waals surface area contributed by atoms with Crippen LogP contribution in [0.4, 0.5) is 0 Å². The van der Waals surface area contributed by atoms with Crippen LogP contribution in [0.5, 0.6) is 0 Å². The van der Waals surface area contributed by atoms with Crippen LogP contribution in [-0.2, 0) is 4.79 Å². The van der Waals surface area contributed by atoms with Crippen LogP contribution in [0.25, 0.3) is 0 Å². The number of rotatable bonds is 3. The third kappa shape index (κ3) is 2.76. The second-order valence-electron chi connectivity index (χ2n) is 8.30. The third-order valence-electron chi connectivity index (χ3n) is 6.53. The lowest BCUT2D eigenvalue weighted by Gasteiger charge is -2.59. The SMILES string of the molecule is CC(=O)CC[C@H]1C(C)CCC2C(C)(C)CCC[C@@]21C. The van der Waals surface area contributed by atoms with E-state index in [1.807, 2.05) is 0 Å². The van der Waals surface area contributed by atoms with Crippen molar-refractivity contribution in [3.8, 4) is 0 Å².